The molecule has 0 N–H and O–H groups in total. The molecule has 0 unspecified atom stereocenters. The number of hydrogen-bond acceptors (Lipinski definition) is 0. The van der Waals surface area contributed by atoms with Crippen LogP contribution in [0.25, 0.3) is 0 Å². The summed E-state index contributed by atoms with van der Waals surface area (Å²) in [6.07, 6.45) is 0. The van der Waals surface area contributed by atoms with Crippen molar-refractivity contribution >= 4 is 0 Å². The Labute approximate surface area is 21.7 Å². The van der Waals surface area contributed by atoms with Gasteiger partial charge in [0.15, 0.2) is 0 Å². The van der Waals surface area contributed by atoms with E-state index in [1.54, 1.807) is 0 Å². The smallest absolute Gasteiger partial charge is 0 e. The summed E-state index contributed by atoms with van der Waals surface area (Å²) in [5.74, 6) is 0. The van der Waals surface area contributed by atoms with Crippen LogP contribution in [0.5, 0.6) is 0 Å². The normalized spacial score (nSPS) is 0. The summed E-state index contributed by atoms with van der Waals surface area (Å²) in [7, 11) is 0. The fraction of sp³-hybridized carbons (Fsp3) is 0. The Morgan fingerprint density at radius 3 is 0.500 bits per heavy atom. The van der Waals surface area contributed by atoms with Crippen molar-refractivity contribution in [3.05, 3.63) is 0 Å². The third-order valence-corrected chi connectivity index (χ3v) is 0. The maximum Gasteiger partial charge on any atom is 0 e. The van der Waals surface area contributed by atoms with Crippen molar-refractivity contribution in [2.24, 2.45) is 0 Å². The molecule has 0 aliphatic rings. The molecule has 0 fully saturated rings. The zero-order valence-electron chi connectivity index (χ0n) is 1.58. The van der Waals surface area contributed by atoms with E-state index in [2.05, 4.69) is 0 Å². The van der Waals surface area contributed by atoms with E-state index in [0.29, 0.717) is 0 Å². The summed E-state index contributed by atoms with van der Waals surface area (Å²) in [5, 5.41) is 0. The van der Waals surface area contributed by atoms with Crippen LogP contribution >= 0.6 is 0 Å². The largest absolute Gasteiger partial charge is 0.269 e. The minimum atomic E-state index is 0. The molecule has 0 spiro atoms. The second-order valence-electron chi connectivity index (χ2n) is 0. The molecule has 0 saturated heterocycles. The van der Waals surface area contributed by atoms with Gasteiger partial charge in [-0.05, 0) is 0 Å². The van der Waals surface area contributed by atoms with E-state index in [1.165, 1.54) is 0 Å². The van der Waals surface area contributed by atoms with E-state index < -0.39 is 0 Å². The molecule has 0 radical (unpaired) electrons. The van der Waals surface area contributed by atoms with Gasteiger partial charge >= 0.3 is 0 Å². The van der Waals surface area contributed by atoms with Gasteiger partial charge in [0.2, 0.25) is 0 Å². The van der Waals surface area contributed by atoms with E-state index >= 15 is 0 Å². The molecule has 0 aromatic heterocycles. The molecular weight excluding hydrogens is 77.2 g/mol. The van der Waals surface area contributed by atoms with Crippen LogP contribution in [0.1, 0.15) is 0 Å². The van der Waals surface area contributed by atoms with Crippen molar-refractivity contribution < 1.29 is 20.3 Å². The average Bonchev–Trinajstić information content (AvgIpc) is 0. The summed E-state index contributed by atoms with van der Waals surface area (Å²) in [4.78, 5) is 0. The van der Waals surface area contributed by atoms with Crippen LogP contribution in [-0.2, 0) is 0 Å². The average molecular weight is 80.2 g/mol. The SMILES string of the molecule is F.F.F.[Ne]. The van der Waals surface area contributed by atoms with Crippen LogP contribution in [0.2, 0.25) is 0 Å². The molecule has 0 aliphatic heterocycles. The van der Waals surface area contributed by atoms with Gasteiger partial charge in [-0.1, -0.05) is 0 Å². The van der Waals surface area contributed by atoms with Crippen LogP contribution in [-0.4, -0.2) is 0 Å². The zero-order chi connectivity index (χ0) is 0. The van der Waals surface area contributed by atoms with Crippen molar-refractivity contribution in [1.29, 1.82) is 0 Å². The van der Waals surface area contributed by atoms with Crippen LogP contribution in [0, 0.1) is 6.15 Å². The zero-order valence-corrected chi connectivity index (χ0v) is 1.58. The summed E-state index contributed by atoms with van der Waals surface area (Å²) < 4.78 is 0. The third kappa shape index (κ3) is 9.17. The van der Waals surface area contributed by atoms with E-state index in [1.807, 2.05) is 0 Å². The van der Waals surface area contributed by atoms with Gasteiger partial charge in [-0.3, -0.25) is 14.1 Å². The predicted molar refractivity (Wildman–Crippen MR) is 7.51 cm³/mol. The Morgan fingerprint density at radius 2 is 0.500 bits per heavy atom. The van der Waals surface area contributed by atoms with Gasteiger partial charge in [0, 0.05) is 6.15 Å². The van der Waals surface area contributed by atoms with E-state index in [4.69, 9.17) is 0 Å². The van der Waals surface area contributed by atoms with Crippen LogP contribution in [0.3, 0.4) is 0 Å². The first-order valence-corrected chi connectivity index (χ1v) is 0. The van der Waals surface area contributed by atoms with Crippen molar-refractivity contribution in [1.82, 2.24) is 0 Å². The Bertz CT molecular complexity index is 3.25. The number of halogens is 3. The molecule has 0 amide bonds. The predicted octanol–water partition coefficient (Wildman–Crippen LogP) is 0.458. The molecule has 0 nitrogen and oxygen atoms in total. The standard InChI is InChI=1S/3FH.Ne/h3*1H;. The van der Waals surface area contributed by atoms with E-state index in [9.17, 15) is 0 Å². The van der Waals surface area contributed by atoms with Crippen molar-refractivity contribution in [3.8, 4) is 0 Å². The van der Waals surface area contributed by atoms with Gasteiger partial charge in [0.1, 0.15) is 0 Å². The van der Waals surface area contributed by atoms with Gasteiger partial charge in [0.05, 0.1) is 0 Å². The second-order valence-corrected chi connectivity index (χ2v) is 0. The van der Waals surface area contributed by atoms with Gasteiger partial charge in [-0.2, -0.15) is 0 Å². The maximum absolute atomic E-state index is 0. The third-order valence-electron chi connectivity index (χ3n) is 0. The monoisotopic (exact) mass is 80.0 g/mol. The second kappa shape index (κ2) is 86.1. The fourth-order valence-corrected chi connectivity index (χ4v) is 0. The summed E-state index contributed by atoms with van der Waals surface area (Å²) in [5.41, 5.74) is 0. The molecule has 0 aliphatic carbocycles. The fourth-order valence-electron chi connectivity index (χ4n) is 0. The topological polar surface area (TPSA) is 0 Å². The van der Waals surface area contributed by atoms with Crippen LogP contribution in [0.15, 0.2) is 0 Å². The maximum atomic E-state index is 0. The molecule has 0 atom stereocenters. The van der Waals surface area contributed by atoms with Crippen molar-refractivity contribution in [3.63, 3.8) is 0 Å². The summed E-state index contributed by atoms with van der Waals surface area (Å²) in [6.45, 7) is 0. The quantitative estimate of drug-likeness (QED) is 0.396. The van der Waals surface area contributed by atoms with E-state index in [-0.39, 0.29) is 20.3 Å². The summed E-state index contributed by atoms with van der Waals surface area (Å²) in [6, 6.07) is 0. The van der Waals surface area contributed by atoms with Gasteiger partial charge in [-0.25, -0.2) is 0 Å². The minimum Gasteiger partial charge on any atom is -0.269 e. The van der Waals surface area contributed by atoms with Gasteiger partial charge < -0.3 is 0 Å². The summed E-state index contributed by atoms with van der Waals surface area (Å²) >= 11 is 0. The first-order chi connectivity index (χ1) is 0. The Balaban J connectivity index is 0. The first kappa shape index (κ1) is 298. The molecule has 0 heterocycles. The molecule has 32 valence electrons. The molecule has 0 bridgehead atoms. The number of rotatable bonds is 0. The van der Waals surface area contributed by atoms with Crippen LogP contribution in [0.4, 0.5) is 14.1 Å². The van der Waals surface area contributed by atoms with E-state index in [0.717, 1.165) is 0 Å². The first-order valence-electron chi connectivity index (χ1n) is 0. The van der Waals surface area contributed by atoms with Crippen molar-refractivity contribution in [2.45, 2.75) is 0 Å². The molecule has 4 heteroatoms. The van der Waals surface area contributed by atoms with Crippen LogP contribution < -0.4 is 0 Å². The van der Waals surface area contributed by atoms with Crippen molar-refractivity contribution in [2.75, 3.05) is 0 Å². The Morgan fingerprint density at radius 1 is 0.500 bits per heavy atom. The molecule has 4 heavy (non-hydrogen) atoms. The Hall–Kier alpha value is -0.301. The van der Waals surface area contributed by atoms with Gasteiger partial charge in [0.25, 0.3) is 0 Å². The Kier molecular flexibility index (Phi) is 6400. The minimum absolute atomic E-state index is 0. The molecule has 0 saturated carbocycles. The van der Waals surface area contributed by atoms with Gasteiger partial charge in [-0.15, -0.1) is 0 Å². The molecular formula is H3F3Ne. The molecule has 0 aromatic rings. The number of hydrogen-bond donors (Lipinski definition) is 0. The molecule has 0 aromatic carbocycles. The molecule has 0 rings (SSSR count).